The Kier molecular flexibility index (Phi) is 4.81. The van der Waals surface area contributed by atoms with Crippen molar-refractivity contribution >= 4 is 5.57 Å². The van der Waals surface area contributed by atoms with E-state index in [-0.39, 0.29) is 12.4 Å². The number of pyridine rings is 1. The number of unbranched alkanes of at least 4 members (excludes halogenated alkanes) is 1. The van der Waals surface area contributed by atoms with Crippen molar-refractivity contribution in [3.05, 3.63) is 71.8 Å². The first kappa shape index (κ1) is 13.4. The van der Waals surface area contributed by atoms with Crippen molar-refractivity contribution in [3.8, 4) is 0 Å². The lowest BCUT2D eigenvalue weighted by Crippen LogP contribution is -1.90. The van der Waals surface area contributed by atoms with Crippen molar-refractivity contribution < 1.29 is 9.50 Å². The predicted octanol–water partition coefficient (Wildman–Crippen LogP) is 3.42. The first-order valence-electron chi connectivity index (χ1n) is 6.28. The van der Waals surface area contributed by atoms with Gasteiger partial charge in [-0.2, -0.15) is 0 Å². The van der Waals surface area contributed by atoms with Crippen LogP contribution in [0.15, 0.2) is 54.9 Å². The van der Waals surface area contributed by atoms with Gasteiger partial charge in [0, 0.05) is 24.6 Å². The van der Waals surface area contributed by atoms with Gasteiger partial charge >= 0.3 is 0 Å². The fraction of sp³-hybridized carbons (Fsp3) is 0.188. The van der Waals surface area contributed by atoms with Crippen molar-refractivity contribution in [2.75, 3.05) is 6.61 Å². The third kappa shape index (κ3) is 3.73. The summed E-state index contributed by atoms with van der Waals surface area (Å²) in [5.41, 5.74) is 2.96. The lowest BCUT2D eigenvalue weighted by atomic mass is 9.98. The second kappa shape index (κ2) is 6.81. The molecule has 0 amide bonds. The maximum absolute atomic E-state index is 13.0. The predicted molar refractivity (Wildman–Crippen MR) is 74.0 cm³/mol. The molecule has 0 aliphatic carbocycles. The van der Waals surface area contributed by atoms with Gasteiger partial charge in [0.2, 0.25) is 0 Å². The van der Waals surface area contributed by atoms with Crippen molar-refractivity contribution in [3.63, 3.8) is 0 Å². The Morgan fingerprint density at radius 2 is 1.95 bits per heavy atom. The zero-order valence-electron chi connectivity index (χ0n) is 10.6. The highest BCUT2D eigenvalue weighted by atomic mass is 19.1. The standard InChI is InChI=1S/C16H16FNO/c17-15-8-6-13(7-9-15)16(5-1-2-11-19)14-4-3-10-18-12-14/h3-10,12,19H,1-2,11H2. The zero-order chi connectivity index (χ0) is 13.5. The van der Waals surface area contributed by atoms with Gasteiger partial charge in [0.15, 0.2) is 0 Å². The smallest absolute Gasteiger partial charge is 0.123 e. The van der Waals surface area contributed by atoms with E-state index in [1.54, 1.807) is 24.5 Å². The molecule has 0 radical (unpaired) electrons. The monoisotopic (exact) mass is 257 g/mol. The molecule has 1 heterocycles. The second-order valence-corrected chi connectivity index (χ2v) is 4.23. The van der Waals surface area contributed by atoms with Crippen LogP contribution in [0.25, 0.3) is 5.57 Å². The fourth-order valence-electron chi connectivity index (χ4n) is 1.89. The highest BCUT2D eigenvalue weighted by Gasteiger charge is 2.05. The van der Waals surface area contributed by atoms with Crippen LogP contribution in [-0.4, -0.2) is 16.7 Å². The topological polar surface area (TPSA) is 33.1 Å². The van der Waals surface area contributed by atoms with Gasteiger partial charge in [0.05, 0.1) is 0 Å². The first-order chi connectivity index (χ1) is 9.31. The summed E-state index contributed by atoms with van der Waals surface area (Å²) in [7, 11) is 0. The molecule has 0 saturated heterocycles. The number of aromatic nitrogens is 1. The lowest BCUT2D eigenvalue weighted by molar-refractivity contribution is 0.289. The molecule has 98 valence electrons. The summed E-state index contributed by atoms with van der Waals surface area (Å²) in [4.78, 5) is 4.11. The minimum atomic E-state index is -0.246. The maximum Gasteiger partial charge on any atom is 0.123 e. The number of hydrogen-bond donors (Lipinski definition) is 1. The second-order valence-electron chi connectivity index (χ2n) is 4.23. The van der Waals surface area contributed by atoms with E-state index in [4.69, 9.17) is 5.11 Å². The minimum absolute atomic E-state index is 0.167. The maximum atomic E-state index is 13.0. The Morgan fingerprint density at radius 3 is 2.58 bits per heavy atom. The normalized spacial score (nSPS) is 11.6. The Bertz CT molecular complexity index is 534. The number of rotatable bonds is 5. The number of nitrogens with zero attached hydrogens (tertiary/aromatic N) is 1. The zero-order valence-corrected chi connectivity index (χ0v) is 10.6. The van der Waals surface area contributed by atoms with Gasteiger partial charge in [-0.1, -0.05) is 24.3 Å². The van der Waals surface area contributed by atoms with Crippen molar-refractivity contribution in [2.45, 2.75) is 12.8 Å². The van der Waals surface area contributed by atoms with Gasteiger partial charge in [-0.3, -0.25) is 4.98 Å². The molecule has 0 fully saturated rings. The van der Waals surface area contributed by atoms with Crippen LogP contribution in [0.1, 0.15) is 24.0 Å². The summed E-state index contributed by atoms with van der Waals surface area (Å²) in [6.45, 7) is 0.167. The molecule has 0 aliphatic heterocycles. The van der Waals surface area contributed by atoms with Gasteiger partial charge in [0.25, 0.3) is 0 Å². The molecule has 19 heavy (non-hydrogen) atoms. The largest absolute Gasteiger partial charge is 0.396 e. The molecular weight excluding hydrogens is 241 g/mol. The number of hydrogen-bond acceptors (Lipinski definition) is 2. The summed E-state index contributed by atoms with van der Waals surface area (Å²) in [6, 6.07) is 10.3. The Hall–Kier alpha value is -2.00. The first-order valence-corrected chi connectivity index (χ1v) is 6.28. The summed E-state index contributed by atoms with van der Waals surface area (Å²) in [5.74, 6) is -0.246. The van der Waals surface area contributed by atoms with E-state index >= 15 is 0 Å². The SMILES string of the molecule is OCCCC=C(c1ccc(F)cc1)c1cccnc1. The molecule has 1 aromatic carbocycles. The molecule has 0 bridgehead atoms. The van der Waals surface area contributed by atoms with E-state index in [0.717, 1.165) is 23.1 Å². The highest BCUT2D eigenvalue weighted by Crippen LogP contribution is 2.23. The summed E-state index contributed by atoms with van der Waals surface area (Å²) in [5, 5.41) is 8.87. The molecule has 0 atom stereocenters. The van der Waals surface area contributed by atoms with Crippen molar-refractivity contribution in [1.29, 1.82) is 0 Å². The average Bonchev–Trinajstić information content (AvgIpc) is 2.46. The molecule has 3 heteroatoms. The highest BCUT2D eigenvalue weighted by molar-refractivity contribution is 5.79. The molecule has 0 aliphatic rings. The van der Waals surface area contributed by atoms with Crippen LogP contribution in [0.3, 0.4) is 0 Å². The quantitative estimate of drug-likeness (QED) is 0.832. The van der Waals surface area contributed by atoms with E-state index in [1.807, 2.05) is 12.1 Å². The van der Waals surface area contributed by atoms with E-state index in [2.05, 4.69) is 11.1 Å². The third-order valence-electron chi connectivity index (χ3n) is 2.84. The molecule has 2 rings (SSSR count). The number of halogens is 1. The van der Waals surface area contributed by atoms with Crippen molar-refractivity contribution in [1.82, 2.24) is 4.98 Å². The van der Waals surface area contributed by atoms with Crippen LogP contribution in [0.2, 0.25) is 0 Å². The Balaban J connectivity index is 2.34. The number of allylic oxidation sites excluding steroid dienone is 1. The van der Waals surface area contributed by atoms with Gasteiger partial charge < -0.3 is 5.11 Å². The van der Waals surface area contributed by atoms with Gasteiger partial charge in [-0.15, -0.1) is 0 Å². The molecule has 0 unspecified atom stereocenters. The molecule has 1 aromatic heterocycles. The van der Waals surface area contributed by atoms with Crippen LogP contribution in [0.5, 0.6) is 0 Å². The van der Waals surface area contributed by atoms with Crippen LogP contribution in [0, 0.1) is 5.82 Å². The molecule has 0 spiro atoms. The molecule has 0 saturated carbocycles. The molecule has 2 aromatic rings. The number of benzene rings is 1. The lowest BCUT2D eigenvalue weighted by Gasteiger charge is -2.08. The van der Waals surface area contributed by atoms with Crippen LogP contribution >= 0.6 is 0 Å². The van der Waals surface area contributed by atoms with E-state index < -0.39 is 0 Å². The van der Waals surface area contributed by atoms with Gasteiger partial charge in [-0.25, -0.2) is 4.39 Å². The van der Waals surface area contributed by atoms with Crippen LogP contribution < -0.4 is 0 Å². The average molecular weight is 257 g/mol. The Labute approximate surface area is 112 Å². The van der Waals surface area contributed by atoms with Crippen molar-refractivity contribution in [2.24, 2.45) is 0 Å². The van der Waals surface area contributed by atoms with Gasteiger partial charge in [0.1, 0.15) is 5.82 Å². The summed E-state index contributed by atoms with van der Waals surface area (Å²) >= 11 is 0. The molecule has 2 nitrogen and oxygen atoms in total. The van der Waals surface area contributed by atoms with E-state index in [9.17, 15) is 4.39 Å². The summed E-state index contributed by atoms with van der Waals surface area (Å²) < 4.78 is 13.0. The van der Waals surface area contributed by atoms with Gasteiger partial charge in [-0.05, 0) is 42.2 Å². The number of aliphatic hydroxyl groups is 1. The van der Waals surface area contributed by atoms with E-state index in [0.29, 0.717) is 6.42 Å². The van der Waals surface area contributed by atoms with Crippen LogP contribution in [-0.2, 0) is 0 Å². The third-order valence-corrected chi connectivity index (χ3v) is 2.84. The molecular formula is C16H16FNO. The molecule has 1 N–H and O–H groups in total. The summed E-state index contributed by atoms with van der Waals surface area (Å²) in [6.07, 6.45) is 7.05. The number of aliphatic hydroxyl groups excluding tert-OH is 1. The minimum Gasteiger partial charge on any atom is -0.396 e. The fourth-order valence-corrected chi connectivity index (χ4v) is 1.89. The Morgan fingerprint density at radius 1 is 1.16 bits per heavy atom. The van der Waals surface area contributed by atoms with E-state index in [1.165, 1.54) is 12.1 Å². The van der Waals surface area contributed by atoms with Crippen LogP contribution in [0.4, 0.5) is 4.39 Å².